The van der Waals surface area contributed by atoms with E-state index in [-0.39, 0.29) is 5.97 Å². The summed E-state index contributed by atoms with van der Waals surface area (Å²) in [4.78, 5) is 11.4. The second kappa shape index (κ2) is 13.2. The molecule has 0 aromatic carbocycles. The maximum Gasteiger partial charge on any atom is 0.339 e. The Morgan fingerprint density at radius 3 is 1.96 bits per heavy atom. The van der Waals surface area contributed by atoms with Gasteiger partial charge in [-0.1, -0.05) is 77.6 Å². The van der Waals surface area contributed by atoms with Gasteiger partial charge in [0, 0.05) is 18.9 Å². The van der Waals surface area contributed by atoms with E-state index < -0.39 is 0 Å². The Kier molecular flexibility index (Phi) is 11.4. The van der Waals surface area contributed by atoms with Crippen LogP contribution in [0.3, 0.4) is 0 Å². The molecule has 3 nitrogen and oxygen atoms in total. The molecule has 23 heavy (non-hydrogen) atoms. The summed E-state index contributed by atoms with van der Waals surface area (Å²) in [7, 11) is 1.42. The Hall–Kier alpha value is -1.25. The molecule has 0 aliphatic rings. The van der Waals surface area contributed by atoms with Crippen molar-refractivity contribution in [2.75, 3.05) is 7.11 Å². The monoisotopic (exact) mass is 321 g/mol. The quantitative estimate of drug-likeness (QED) is 0.312. The number of aryl methyl sites for hydroxylation is 1. The Labute approximate surface area is 142 Å². The van der Waals surface area contributed by atoms with Crippen molar-refractivity contribution < 1.29 is 9.53 Å². The van der Waals surface area contributed by atoms with Gasteiger partial charge in [0.1, 0.15) is 0 Å². The smallest absolute Gasteiger partial charge is 0.339 e. The second-order valence-electron chi connectivity index (χ2n) is 6.52. The van der Waals surface area contributed by atoms with Crippen LogP contribution < -0.4 is 0 Å². The fraction of sp³-hybridized carbons (Fsp3) is 0.750. The van der Waals surface area contributed by atoms with Crippen LogP contribution in [0.25, 0.3) is 0 Å². The molecule has 0 amide bonds. The minimum atomic E-state index is -0.251. The predicted molar refractivity (Wildman–Crippen MR) is 96.8 cm³/mol. The highest BCUT2D eigenvalue weighted by molar-refractivity contribution is 5.89. The number of methoxy groups -OCH3 is 1. The van der Waals surface area contributed by atoms with Crippen LogP contribution in [0.15, 0.2) is 18.5 Å². The summed E-state index contributed by atoms with van der Waals surface area (Å²) >= 11 is 0. The van der Waals surface area contributed by atoms with E-state index in [1.807, 2.05) is 18.5 Å². The lowest BCUT2D eigenvalue weighted by molar-refractivity contribution is 0.0600. The summed E-state index contributed by atoms with van der Waals surface area (Å²) in [5, 5.41) is 0. The zero-order valence-corrected chi connectivity index (χ0v) is 15.2. The first-order valence-corrected chi connectivity index (χ1v) is 9.52. The lowest BCUT2D eigenvalue weighted by atomic mass is 10.1. The molecule has 1 heterocycles. The summed E-state index contributed by atoms with van der Waals surface area (Å²) in [6.07, 6.45) is 20.3. The molecule has 1 aromatic rings. The van der Waals surface area contributed by atoms with Crippen LogP contribution >= 0.6 is 0 Å². The molecule has 3 heteroatoms. The molecule has 0 aliphatic heterocycles. The summed E-state index contributed by atoms with van der Waals surface area (Å²) in [6, 6.07) is 1.83. The average Bonchev–Trinajstić information content (AvgIpc) is 3.04. The zero-order chi connectivity index (χ0) is 16.8. The average molecular weight is 322 g/mol. The molecular weight excluding hydrogens is 286 g/mol. The van der Waals surface area contributed by atoms with E-state index in [1.165, 1.54) is 84.2 Å². The van der Waals surface area contributed by atoms with Crippen molar-refractivity contribution in [3.63, 3.8) is 0 Å². The van der Waals surface area contributed by atoms with Gasteiger partial charge in [0.2, 0.25) is 0 Å². The molecule has 0 saturated carbocycles. The molecule has 0 fully saturated rings. The summed E-state index contributed by atoms with van der Waals surface area (Å²) in [5.41, 5.74) is 0.645. The van der Waals surface area contributed by atoms with Crippen LogP contribution in [-0.4, -0.2) is 17.6 Å². The maximum atomic E-state index is 11.4. The van der Waals surface area contributed by atoms with Crippen LogP contribution in [0.2, 0.25) is 0 Å². The fourth-order valence-corrected chi connectivity index (χ4v) is 2.95. The van der Waals surface area contributed by atoms with Gasteiger partial charge >= 0.3 is 5.97 Å². The topological polar surface area (TPSA) is 31.2 Å². The number of esters is 1. The highest BCUT2D eigenvalue weighted by Gasteiger charge is 2.06. The molecule has 0 aliphatic carbocycles. The fourth-order valence-electron chi connectivity index (χ4n) is 2.95. The molecule has 0 spiro atoms. The molecule has 1 rings (SSSR count). The van der Waals surface area contributed by atoms with Crippen LogP contribution in [0.1, 0.15) is 94.3 Å². The van der Waals surface area contributed by atoms with Crippen LogP contribution in [0, 0.1) is 0 Å². The molecule has 0 bridgehead atoms. The molecule has 1 aromatic heterocycles. The largest absolute Gasteiger partial charge is 0.465 e. The van der Waals surface area contributed by atoms with E-state index in [9.17, 15) is 4.79 Å². The van der Waals surface area contributed by atoms with Gasteiger partial charge in [-0.15, -0.1) is 0 Å². The lowest BCUT2D eigenvalue weighted by Gasteiger charge is -2.04. The number of carbonyl (C=O) groups excluding carboxylic acids is 1. The first-order chi connectivity index (χ1) is 11.3. The standard InChI is InChI=1S/C20H35NO2/c1-3-4-5-6-7-8-9-10-11-12-13-14-16-21-17-15-19(18-21)20(22)23-2/h15,17-18H,3-14,16H2,1-2H3. The van der Waals surface area contributed by atoms with E-state index in [0.29, 0.717) is 5.56 Å². The highest BCUT2D eigenvalue weighted by Crippen LogP contribution is 2.12. The number of unbranched alkanes of at least 4 members (excludes halogenated alkanes) is 11. The van der Waals surface area contributed by atoms with Gasteiger partial charge in [-0.3, -0.25) is 0 Å². The zero-order valence-electron chi connectivity index (χ0n) is 15.2. The third kappa shape index (κ3) is 9.47. The minimum Gasteiger partial charge on any atom is -0.465 e. The number of aromatic nitrogens is 1. The van der Waals surface area contributed by atoms with E-state index >= 15 is 0 Å². The van der Waals surface area contributed by atoms with Crippen molar-refractivity contribution in [2.24, 2.45) is 0 Å². The van der Waals surface area contributed by atoms with Crippen molar-refractivity contribution in [3.05, 3.63) is 24.0 Å². The number of hydrogen-bond donors (Lipinski definition) is 0. The molecule has 0 unspecified atom stereocenters. The van der Waals surface area contributed by atoms with Crippen molar-refractivity contribution in [3.8, 4) is 0 Å². The maximum absolute atomic E-state index is 11.4. The number of carbonyl (C=O) groups is 1. The Morgan fingerprint density at radius 1 is 0.913 bits per heavy atom. The Morgan fingerprint density at radius 2 is 1.43 bits per heavy atom. The Balaban J connectivity index is 1.90. The van der Waals surface area contributed by atoms with Crippen molar-refractivity contribution >= 4 is 5.97 Å². The summed E-state index contributed by atoms with van der Waals surface area (Å²) in [5.74, 6) is -0.251. The second-order valence-corrected chi connectivity index (χ2v) is 6.52. The molecule has 132 valence electrons. The molecule has 0 radical (unpaired) electrons. The first-order valence-electron chi connectivity index (χ1n) is 9.52. The van der Waals surface area contributed by atoms with Gasteiger partial charge in [-0.25, -0.2) is 4.79 Å². The van der Waals surface area contributed by atoms with Crippen molar-refractivity contribution in [1.29, 1.82) is 0 Å². The van der Waals surface area contributed by atoms with Crippen LogP contribution in [0.5, 0.6) is 0 Å². The SMILES string of the molecule is CCCCCCCCCCCCCCn1ccc(C(=O)OC)c1. The van der Waals surface area contributed by atoms with Gasteiger partial charge in [-0.05, 0) is 12.5 Å². The van der Waals surface area contributed by atoms with Gasteiger partial charge in [0.05, 0.1) is 12.7 Å². The first kappa shape index (κ1) is 19.8. The van der Waals surface area contributed by atoms with E-state index in [4.69, 9.17) is 4.74 Å². The summed E-state index contributed by atoms with van der Waals surface area (Å²) < 4.78 is 6.80. The third-order valence-electron chi connectivity index (χ3n) is 4.44. The van der Waals surface area contributed by atoms with Gasteiger partial charge < -0.3 is 9.30 Å². The van der Waals surface area contributed by atoms with Crippen molar-refractivity contribution in [2.45, 2.75) is 90.5 Å². The lowest BCUT2D eigenvalue weighted by Crippen LogP contribution is -2.00. The predicted octanol–water partition coefficient (Wildman–Crippen LogP) is 5.98. The normalized spacial score (nSPS) is 10.9. The minimum absolute atomic E-state index is 0.251. The molecular formula is C20H35NO2. The van der Waals surface area contributed by atoms with Crippen LogP contribution in [0.4, 0.5) is 0 Å². The van der Waals surface area contributed by atoms with Crippen molar-refractivity contribution in [1.82, 2.24) is 4.57 Å². The van der Waals surface area contributed by atoms with E-state index in [2.05, 4.69) is 11.5 Å². The number of ether oxygens (including phenoxy) is 1. The summed E-state index contributed by atoms with van der Waals surface area (Å²) in [6.45, 7) is 3.27. The van der Waals surface area contributed by atoms with Gasteiger partial charge in [0.15, 0.2) is 0 Å². The number of nitrogens with zero attached hydrogens (tertiary/aromatic N) is 1. The molecule has 0 atom stereocenters. The number of rotatable bonds is 14. The molecule has 0 saturated heterocycles. The Bertz CT molecular complexity index is 412. The number of hydrogen-bond acceptors (Lipinski definition) is 2. The van der Waals surface area contributed by atoms with Gasteiger partial charge in [-0.2, -0.15) is 0 Å². The van der Waals surface area contributed by atoms with E-state index in [0.717, 1.165) is 6.54 Å². The van der Waals surface area contributed by atoms with Gasteiger partial charge in [0.25, 0.3) is 0 Å². The highest BCUT2D eigenvalue weighted by atomic mass is 16.5. The third-order valence-corrected chi connectivity index (χ3v) is 4.44. The molecule has 0 N–H and O–H groups in total. The van der Waals surface area contributed by atoms with Crippen LogP contribution in [-0.2, 0) is 11.3 Å². The van der Waals surface area contributed by atoms with E-state index in [1.54, 1.807) is 0 Å².